The number of thiazole rings is 1. The first kappa shape index (κ1) is 29.6. The molecule has 0 spiro atoms. The molecule has 0 aromatic carbocycles. The molecular weight excluding hydrogens is 524 g/mol. The fourth-order valence-corrected chi connectivity index (χ4v) is 5.33. The lowest BCUT2D eigenvalue weighted by Crippen LogP contribution is -2.41. The van der Waals surface area contributed by atoms with Gasteiger partial charge in [-0.05, 0) is 61.6 Å². The number of nitrogens with zero attached hydrogens (tertiary/aromatic N) is 4. The summed E-state index contributed by atoms with van der Waals surface area (Å²) in [5.41, 5.74) is 2.70. The lowest BCUT2D eigenvalue weighted by atomic mass is 9.96. The standard InChI is InChI=1S/C30H40N6O3S/c1-30(2,3)29(39)32-11-17-35-13-4-5-24-19-23(21-33-28(24)34-25(37)10-14-35)6-7-27(38)36-15-8-22(9-16-36)20-26-31-12-18-40-26/h6-7,12,18-21H,4-5,8-11,13-17H2,1-3H3,(H,32,39)(H,33,34,37). The minimum atomic E-state index is -0.421. The summed E-state index contributed by atoms with van der Waals surface area (Å²) in [5.74, 6) is 0.538. The second-order valence-corrected chi connectivity index (χ2v) is 12.3. The minimum absolute atomic E-state index is 0.00387. The van der Waals surface area contributed by atoms with Crippen LogP contribution in [0.4, 0.5) is 5.82 Å². The van der Waals surface area contributed by atoms with Crippen molar-refractivity contribution in [2.24, 2.45) is 5.41 Å². The van der Waals surface area contributed by atoms with Gasteiger partial charge in [0.15, 0.2) is 0 Å². The number of nitrogens with one attached hydrogen (secondary N) is 2. The molecular formula is C30H40N6O3S. The molecule has 0 saturated carbocycles. The van der Waals surface area contributed by atoms with Gasteiger partial charge in [0.05, 0.1) is 0 Å². The van der Waals surface area contributed by atoms with Crippen LogP contribution in [0.3, 0.4) is 0 Å². The van der Waals surface area contributed by atoms with E-state index in [4.69, 9.17) is 0 Å². The number of carbonyl (C=O) groups excluding carboxylic acids is 3. The summed E-state index contributed by atoms with van der Waals surface area (Å²) in [6, 6.07) is 2.01. The molecule has 0 radical (unpaired) electrons. The van der Waals surface area contributed by atoms with E-state index in [2.05, 4.69) is 31.6 Å². The molecule has 0 unspecified atom stereocenters. The van der Waals surface area contributed by atoms with Crippen LogP contribution in [0.1, 0.15) is 62.6 Å². The fourth-order valence-electron chi connectivity index (χ4n) is 4.71. The van der Waals surface area contributed by atoms with Crippen LogP contribution in [0.2, 0.25) is 0 Å². The van der Waals surface area contributed by atoms with E-state index in [0.717, 1.165) is 48.4 Å². The topological polar surface area (TPSA) is 108 Å². The Morgan fingerprint density at radius 1 is 1.10 bits per heavy atom. The smallest absolute Gasteiger partial charge is 0.246 e. The van der Waals surface area contributed by atoms with Crippen LogP contribution in [0, 0.1) is 5.41 Å². The van der Waals surface area contributed by atoms with Crippen LogP contribution in [0.15, 0.2) is 35.5 Å². The van der Waals surface area contributed by atoms with E-state index < -0.39 is 5.41 Å². The fraction of sp³-hybridized carbons (Fsp3) is 0.500. The van der Waals surface area contributed by atoms with E-state index in [-0.39, 0.29) is 17.7 Å². The number of anilines is 1. The number of aromatic nitrogens is 2. The van der Waals surface area contributed by atoms with Crippen molar-refractivity contribution in [1.82, 2.24) is 25.1 Å². The second-order valence-electron chi connectivity index (χ2n) is 11.4. The molecule has 10 heteroatoms. The second kappa shape index (κ2) is 13.8. The molecule has 2 N–H and O–H groups in total. The Hall–Kier alpha value is -3.37. The largest absolute Gasteiger partial charge is 0.354 e. The van der Waals surface area contributed by atoms with Crippen LogP contribution in [-0.4, -0.2) is 76.8 Å². The predicted octanol–water partition coefficient (Wildman–Crippen LogP) is 4.00. The molecule has 40 heavy (non-hydrogen) atoms. The van der Waals surface area contributed by atoms with Crippen LogP contribution >= 0.6 is 11.3 Å². The van der Waals surface area contributed by atoms with Gasteiger partial charge in [-0.25, -0.2) is 9.97 Å². The highest BCUT2D eigenvalue weighted by molar-refractivity contribution is 7.10. The first-order valence-electron chi connectivity index (χ1n) is 14.0. The molecule has 214 valence electrons. The number of aryl methyl sites for hydroxylation is 1. The molecule has 3 amide bonds. The zero-order chi connectivity index (χ0) is 28.5. The zero-order valence-electron chi connectivity index (χ0n) is 23.7. The Bertz CT molecular complexity index is 1240. The van der Waals surface area contributed by atoms with Gasteiger partial charge in [-0.2, -0.15) is 0 Å². The third-order valence-corrected chi connectivity index (χ3v) is 7.85. The number of hydrogen-bond donors (Lipinski definition) is 2. The van der Waals surface area contributed by atoms with E-state index in [1.54, 1.807) is 29.7 Å². The highest BCUT2D eigenvalue weighted by Crippen LogP contribution is 2.22. The highest BCUT2D eigenvalue weighted by atomic mass is 32.1. The quantitative estimate of drug-likeness (QED) is 0.514. The Morgan fingerprint density at radius 3 is 2.62 bits per heavy atom. The Balaban J connectivity index is 1.31. The number of hydrogen-bond acceptors (Lipinski definition) is 7. The van der Waals surface area contributed by atoms with Gasteiger partial charge in [-0.15, -0.1) is 11.3 Å². The van der Waals surface area contributed by atoms with Crippen molar-refractivity contribution in [2.45, 2.75) is 52.9 Å². The maximum atomic E-state index is 12.8. The monoisotopic (exact) mass is 564 g/mol. The molecule has 4 rings (SSSR count). The third-order valence-electron chi connectivity index (χ3n) is 7.13. The van der Waals surface area contributed by atoms with Crippen LogP contribution in [0.5, 0.6) is 0 Å². The van der Waals surface area contributed by atoms with E-state index in [9.17, 15) is 14.4 Å². The highest BCUT2D eigenvalue weighted by Gasteiger charge is 2.21. The molecule has 0 bridgehead atoms. The SMILES string of the molecule is CC(C)(C)C(=O)NCCN1CCCc2cc(C=CC(=O)N3CCC(=Cc4nccs4)CC3)cnc2NC(=O)CC1. The number of fused-ring (bicyclic) bond motifs is 1. The van der Waals surface area contributed by atoms with Gasteiger partial charge in [0, 0.05) is 68.4 Å². The van der Waals surface area contributed by atoms with Gasteiger partial charge in [-0.1, -0.05) is 26.3 Å². The molecule has 2 aromatic rings. The van der Waals surface area contributed by atoms with E-state index in [1.807, 2.05) is 43.3 Å². The van der Waals surface area contributed by atoms with Crippen LogP contribution < -0.4 is 10.6 Å². The summed E-state index contributed by atoms with van der Waals surface area (Å²) < 4.78 is 0. The van der Waals surface area contributed by atoms with Crippen molar-refractivity contribution in [3.8, 4) is 0 Å². The molecule has 1 fully saturated rings. The Labute approximate surface area is 240 Å². The average Bonchev–Trinajstić information content (AvgIpc) is 3.44. The molecule has 2 aliphatic rings. The summed E-state index contributed by atoms with van der Waals surface area (Å²) in [6.45, 7) is 9.80. The molecule has 4 heterocycles. The van der Waals surface area contributed by atoms with E-state index in [0.29, 0.717) is 45.0 Å². The predicted molar refractivity (Wildman–Crippen MR) is 160 cm³/mol. The number of amides is 3. The average molecular weight is 565 g/mol. The summed E-state index contributed by atoms with van der Waals surface area (Å²) in [6.07, 6.45) is 12.8. The summed E-state index contributed by atoms with van der Waals surface area (Å²) in [4.78, 5) is 50.5. The lowest BCUT2D eigenvalue weighted by Gasteiger charge is -2.27. The van der Waals surface area contributed by atoms with Gasteiger partial charge in [0.1, 0.15) is 10.8 Å². The van der Waals surface area contributed by atoms with Crippen molar-refractivity contribution < 1.29 is 14.4 Å². The number of rotatable bonds is 6. The number of piperidine rings is 1. The van der Waals surface area contributed by atoms with Crippen molar-refractivity contribution >= 4 is 47.0 Å². The molecule has 0 aliphatic carbocycles. The normalized spacial score (nSPS) is 17.3. The van der Waals surface area contributed by atoms with Crippen molar-refractivity contribution in [3.63, 3.8) is 0 Å². The summed E-state index contributed by atoms with van der Waals surface area (Å²) in [7, 11) is 0. The molecule has 0 atom stereocenters. The van der Waals surface area contributed by atoms with E-state index >= 15 is 0 Å². The van der Waals surface area contributed by atoms with Gasteiger partial charge >= 0.3 is 0 Å². The third kappa shape index (κ3) is 8.82. The first-order chi connectivity index (χ1) is 19.2. The Kier molecular flexibility index (Phi) is 10.2. The number of likely N-dealkylation sites (tertiary alicyclic amines) is 1. The van der Waals surface area contributed by atoms with Gasteiger partial charge in [0.25, 0.3) is 0 Å². The van der Waals surface area contributed by atoms with Crippen LogP contribution in [-0.2, 0) is 20.8 Å². The van der Waals surface area contributed by atoms with Gasteiger partial charge in [-0.3, -0.25) is 14.4 Å². The zero-order valence-corrected chi connectivity index (χ0v) is 24.6. The molecule has 9 nitrogen and oxygen atoms in total. The molecule has 1 saturated heterocycles. The van der Waals surface area contributed by atoms with Gasteiger partial charge in [0.2, 0.25) is 17.7 Å². The van der Waals surface area contributed by atoms with Crippen molar-refractivity contribution in [3.05, 3.63) is 51.6 Å². The molecule has 2 aliphatic heterocycles. The van der Waals surface area contributed by atoms with Crippen LogP contribution in [0.25, 0.3) is 12.2 Å². The molecule has 2 aromatic heterocycles. The van der Waals surface area contributed by atoms with Gasteiger partial charge < -0.3 is 20.4 Å². The number of carbonyl (C=O) groups is 3. The Morgan fingerprint density at radius 2 is 1.90 bits per heavy atom. The maximum absolute atomic E-state index is 12.8. The lowest BCUT2D eigenvalue weighted by molar-refractivity contribution is -0.128. The first-order valence-corrected chi connectivity index (χ1v) is 14.9. The van der Waals surface area contributed by atoms with Crippen molar-refractivity contribution in [2.75, 3.05) is 44.6 Å². The van der Waals surface area contributed by atoms with E-state index in [1.165, 1.54) is 5.57 Å². The number of pyridine rings is 1. The van der Waals surface area contributed by atoms with Crippen molar-refractivity contribution in [1.29, 1.82) is 0 Å². The maximum Gasteiger partial charge on any atom is 0.246 e. The minimum Gasteiger partial charge on any atom is -0.354 e. The summed E-state index contributed by atoms with van der Waals surface area (Å²) >= 11 is 1.62. The summed E-state index contributed by atoms with van der Waals surface area (Å²) in [5, 5.41) is 8.93.